The molecule has 0 aromatic heterocycles. The predicted octanol–water partition coefficient (Wildman–Crippen LogP) is 1.69. The molecule has 0 spiro atoms. The fourth-order valence-corrected chi connectivity index (χ4v) is 3.01. The lowest BCUT2D eigenvalue weighted by molar-refractivity contribution is -0.0293. The lowest BCUT2D eigenvalue weighted by Crippen LogP contribution is -2.50. The standard InChI is InChI=1S/C13H25NO2/c1-10-13(15,7-8-16-10)9-14-11-5-4-6-12(11,2)3/h10-11,14-15H,4-9H2,1-3H3. The highest BCUT2D eigenvalue weighted by atomic mass is 16.5. The van der Waals surface area contributed by atoms with Crippen molar-refractivity contribution in [3.8, 4) is 0 Å². The van der Waals surface area contributed by atoms with Crippen LogP contribution in [0.1, 0.15) is 46.5 Å². The van der Waals surface area contributed by atoms with Crippen LogP contribution in [0, 0.1) is 5.41 Å². The van der Waals surface area contributed by atoms with E-state index in [9.17, 15) is 5.11 Å². The highest BCUT2D eigenvalue weighted by Gasteiger charge is 2.41. The molecule has 2 N–H and O–H groups in total. The lowest BCUT2D eigenvalue weighted by atomic mass is 9.86. The van der Waals surface area contributed by atoms with Crippen molar-refractivity contribution < 1.29 is 9.84 Å². The fraction of sp³-hybridized carbons (Fsp3) is 1.00. The van der Waals surface area contributed by atoms with Gasteiger partial charge in [-0.2, -0.15) is 0 Å². The maximum Gasteiger partial charge on any atom is 0.105 e. The first-order valence-electron chi connectivity index (χ1n) is 6.51. The summed E-state index contributed by atoms with van der Waals surface area (Å²) in [6.45, 7) is 7.96. The third-order valence-electron chi connectivity index (χ3n) is 4.57. The van der Waals surface area contributed by atoms with Gasteiger partial charge in [-0.1, -0.05) is 20.3 Å². The van der Waals surface area contributed by atoms with Crippen molar-refractivity contribution in [2.45, 2.75) is 64.2 Å². The summed E-state index contributed by atoms with van der Waals surface area (Å²) < 4.78 is 5.45. The van der Waals surface area contributed by atoms with Gasteiger partial charge in [-0.15, -0.1) is 0 Å². The topological polar surface area (TPSA) is 41.5 Å². The van der Waals surface area contributed by atoms with Crippen molar-refractivity contribution in [3.63, 3.8) is 0 Å². The number of nitrogens with one attached hydrogen (secondary N) is 1. The Hall–Kier alpha value is -0.120. The fourth-order valence-electron chi connectivity index (χ4n) is 3.01. The normalized spacial score (nSPS) is 42.8. The van der Waals surface area contributed by atoms with Crippen LogP contribution in [0.4, 0.5) is 0 Å². The highest BCUT2D eigenvalue weighted by Crippen LogP contribution is 2.37. The predicted molar refractivity (Wildman–Crippen MR) is 64.4 cm³/mol. The van der Waals surface area contributed by atoms with Crippen LogP contribution in [0.3, 0.4) is 0 Å². The van der Waals surface area contributed by atoms with Crippen molar-refractivity contribution in [2.75, 3.05) is 13.2 Å². The summed E-state index contributed by atoms with van der Waals surface area (Å²) in [4.78, 5) is 0. The van der Waals surface area contributed by atoms with E-state index in [1.807, 2.05) is 6.92 Å². The number of hydrogen-bond donors (Lipinski definition) is 2. The molecular weight excluding hydrogens is 202 g/mol. The summed E-state index contributed by atoms with van der Waals surface area (Å²) in [6.07, 6.45) is 4.54. The average Bonchev–Trinajstić information content (AvgIpc) is 2.69. The molecule has 2 rings (SSSR count). The van der Waals surface area contributed by atoms with Gasteiger partial charge in [0.15, 0.2) is 0 Å². The Labute approximate surface area is 98.6 Å². The molecule has 2 fully saturated rings. The number of hydrogen-bond acceptors (Lipinski definition) is 3. The summed E-state index contributed by atoms with van der Waals surface area (Å²) in [7, 11) is 0. The van der Waals surface area contributed by atoms with E-state index in [4.69, 9.17) is 4.74 Å². The van der Waals surface area contributed by atoms with E-state index >= 15 is 0 Å². The van der Waals surface area contributed by atoms with Gasteiger partial charge in [-0.05, 0) is 25.2 Å². The number of ether oxygens (including phenoxy) is 1. The second-order valence-electron chi connectivity index (χ2n) is 6.18. The van der Waals surface area contributed by atoms with Gasteiger partial charge in [0.2, 0.25) is 0 Å². The molecule has 2 aliphatic rings. The molecule has 1 aliphatic heterocycles. The average molecular weight is 227 g/mol. The quantitative estimate of drug-likeness (QED) is 0.771. The molecule has 0 aromatic rings. The lowest BCUT2D eigenvalue weighted by Gasteiger charge is -2.33. The summed E-state index contributed by atoms with van der Waals surface area (Å²) in [5, 5.41) is 14.0. The van der Waals surface area contributed by atoms with Crippen LogP contribution >= 0.6 is 0 Å². The molecule has 0 amide bonds. The van der Waals surface area contributed by atoms with Gasteiger partial charge in [0.1, 0.15) is 5.60 Å². The van der Waals surface area contributed by atoms with E-state index in [1.54, 1.807) is 0 Å². The summed E-state index contributed by atoms with van der Waals surface area (Å²) in [6, 6.07) is 0.546. The maximum atomic E-state index is 10.4. The van der Waals surface area contributed by atoms with Crippen molar-refractivity contribution in [1.82, 2.24) is 5.32 Å². The van der Waals surface area contributed by atoms with E-state index in [2.05, 4.69) is 19.2 Å². The van der Waals surface area contributed by atoms with Gasteiger partial charge in [0.05, 0.1) is 6.10 Å². The molecule has 94 valence electrons. The third-order valence-corrected chi connectivity index (χ3v) is 4.57. The van der Waals surface area contributed by atoms with E-state index < -0.39 is 5.60 Å². The van der Waals surface area contributed by atoms with Gasteiger partial charge in [-0.25, -0.2) is 0 Å². The smallest absolute Gasteiger partial charge is 0.105 e. The number of rotatable bonds is 3. The van der Waals surface area contributed by atoms with Crippen molar-refractivity contribution in [2.24, 2.45) is 5.41 Å². The molecule has 0 radical (unpaired) electrons. The van der Waals surface area contributed by atoms with Gasteiger partial charge in [-0.3, -0.25) is 0 Å². The number of aliphatic hydroxyl groups is 1. The monoisotopic (exact) mass is 227 g/mol. The van der Waals surface area contributed by atoms with Crippen LogP contribution in [-0.4, -0.2) is 36.0 Å². The second-order valence-corrected chi connectivity index (χ2v) is 6.18. The largest absolute Gasteiger partial charge is 0.386 e. The highest BCUT2D eigenvalue weighted by molar-refractivity contribution is 4.96. The van der Waals surface area contributed by atoms with Crippen molar-refractivity contribution in [1.29, 1.82) is 0 Å². The van der Waals surface area contributed by atoms with Crippen LogP contribution in [-0.2, 0) is 4.74 Å². The minimum absolute atomic E-state index is 0.0375. The zero-order chi connectivity index (χ0) is 11.8. The molecular formula is C13H25NO2. The van der Waals surface area contributed by atoms with Gasteiger partial charge in [0.25, 0.3) is 0 Å². The van der Waals surface area contributed by atoms with Gasteiger partial charge >= 0.3 is 0 Å². The van der Waals surface area contributed by atoms with Crippen LogP contribution in [0.15, 0.2) is 0 Å². The van der Waals surface area contributed by atoms with E-state index in [0.29, 0.717) is 24.6 Å². The van der Waals surface area contributed by atoms with E-state index in [0.717, 1.165) is 6.42 Å². The molecule has 1 heterocycles. The molecule has 3 unspecified atom stereocenters. The van der Waals surface area contributed by atoms with Crippen LogP contribution in [0.5, 0.6) is 0 Å². The van der Waals surface area contributed by atoms with Gasteiger partial charge in [0, 0.05) is 25.6 Å². The van der Waals surface area contributed by atoms with Crippen molar-refractivity contribution >= 4 is 0 Å². The Balaban J connectivity index is 1.87. The Morgan fingerprint density at radius 3 is 2.62 bits per heavy atom. The Morgan fingerprint density at radius 1 is 1.38 bits per heavy atom. The minimum Gasteiger partial charge on any atom is -0.386 e. The van der Waals surface area contributed by atoms with Crippen LogP contribution in [0.2, 0.25) is 0 Å². The molecule has 0 bridgehead atoms. The van der Waals surface area contributed by atoms with E-state index in [-0.39, 0.29) is 6.10 Å². The van der Waals surface area contributed by atoms with E-state index in [1.165, 1.54) is 19.3 Å². The molecule has 3 nitrogen and oxygen atoms in total. The first-order chi connectivity index (χ1) is 7.44. The molecule has 3 heteroatoms. The summed E-state index contributed by atoms with van der Waals surface area (Å²) >= 11 is 0. The van der Waals surface area contributed by atoms with Crippen LogP contribution in [0.25, 0.3) is 0 Å². The zero-order valence-corrected chi connectivity index (χ0v) is 10.8. The zero-order valence-electron chi connectivity index (χ0n) is 10.8. The molecule has 1 aliphatic carbocycles. The Bertz CT molecular complexity index is 254. The molecule has 1 saturated heterocycles. The molecule has 16 heavy (non-hydrogen) atoms. The van der Waals surface area contributed by atoms with Crippen LogP contribution < -0.4 is 5.32 Å². The second kappa shape index (κ2) is 4.28. The Kier molecular flexibility index (Phi) is 3.30. The third kappa shape index (κ3) is 2.27. The molecule has 1 saturated carbocycles. The summed E-state index contributed by atoms with van der Waals surface area (Å²) in [5.74, 6) is 0. The minimum atomic E-state index is -0.654. The van der Waals surface area contributed by atoms with Gasteiger partial charge < -0.3 is 15.2 Å². The van der Waals surface area contributed by atoms with Crippen molar-refractivity contribution in [3.05, 3.63) is 0 Å². The first kappa shape index (κ1) is 12.3. The maximum absolute atomic E-state index is 10.4. The Morgan fingerprint density at radius 2 is 2.12 bits per heavy atom. The molecule has 0 aromatic carbocycles. The first-order valence-corrected chi connectivity index (χ1v) is 6.51. The SMILES string of the molecule is CC1OCCC1(O)CNC1CCCC1(C)C. The molecule has 3 atom stereocenters. The summed E-state index contributed by atoms with van der Waals surface area (Å²) in [5.41, 5.74) is -0.280.